The number of rotatable bonds is 7. The molecule has 2 aromatic heterocycles. The van der Waals surface area contributed by atoms with E-state index in [1.807, 2.05) is 25.3 Å². The summed E-state index contributed by atoms with van der Waals surface area (Å²) in [6.45, 7) is 8.27. The minimum absolute atomic E-state index is 0. The van der Waals surface area contributed by atoms with Crippen molar-refractivity contribution in [1.29, 1.82) is 0 Å². The molecule has 0 amide bonds. The number of thiazole rings is 1. The fourth-order valence-electron chi connectivity index (χ4n) is 3.04. The van der Waals surface area contributed by atoms with E-state index in [1.165, 1.54) is 17.7 Å². The van der Waals surface area contributed by atoms with Crippen LogP contribution in [0.1, 0.15) is 53.7 Å². The Kier molecular flexibility index (Phi) is 9.43. The zero-order valence-corrected chi connectivity index (χ0v) is 20.0. The number of guanidine groups is 1. The molecule has 28 heavy (non-hydrogen) atoms. The minimum atomic E-state index is 0. The lowest BCUT2D eigenvalue weighted by molar-refractivity contribution is 0.201. The molecule has 0 unspecified atom stereocenters. The number of aliphatic imine (C=N–C) groups is 1. The molecule has 154 valence electrons. The highest BCUT2D eigenvalue weighted by Gasteiger charge is 2.16. The van der Waals surface area contributed by atoms with E-state index in [9.17, 15) is 0 Å². The van der Waals surface area contributed by atoms with Crippen molar-refractivity contribution in [3.63, 3.8) is 0 Å². The highest BCUT2D eigenvalue weighted by molar-refractivity contribution is 14.0. The number of pyridine rings is 1. The van der Waals surface area contributed by atoms with Gasteiger partial charge in [-0.3, -0.25) is 0 Å². The average molecular weight is 515 g/mol. The van der Waals surface area contributed by atoms with Gasteiger partial charge in [-0.05, 0) is 52.0 Å². The Morgan fingerprint density at radius 2 is 2.04 bits per heavy atom. The maximum atomic E-state index is 5.92. The van der Waals surface area contributed by atoms with Crippen molar-refractivity contribution in [2.45, 2.75) is 65.6 Å². The lowest BCUT2D eigenvalue weighted by atomic mass is 10.3. The van der Waals surface area contributed by atoms with Crippen LogP contribution in [0.2, 0.25) is 0 Å². The third-order valence-electron chi connectivity index (χ3n) is 4.63. The molecule has 0 bridgehead atoms. The molecule has 1 fully saturated rings. The first-order valence-electron chi connectivity index (χ1n) is 9.70. The normalized spacial score (nSPS) is 14.6. The Bertz CT molecular complexity index is 737. The molecule has 2 aromatic rings. The van der Waals surface area contributed by atoms with Gasteiger partial charge >= 0.3 is 0 Å². The van der Waals surface area contributed by atoms with Crippen molar-refractivity contribution < 1.29 is 4.74 Å². The van der Waals surface area contributed by atoms with Crippen LogP contribution in [0.5, 0.6) is 5.88 Å². The molecular weight excluding hydrogens is 485 g/mol. The number of aromatic nitrogens is 2. The van der Waals surface area contributed by atoms with Gasteiger partial charge in [-0.25, -0.2) is 15.0 Å². The van der Waals surface area contributed by atoms with Gasteiger partial charge in [0.05, 0.1) is 18.8 Å². The Balaban J connectivity index is 0.00000280. The first-order valence-corrected chi connectivity index (χ1v) is 10.5. The van der Waals surface area contributed by atoms with Gasteiger partial charge in [0.1, 0.15) is 11.1 Å². The van der Waals surface area contributed by atoms with E-state index in [2.05, 4.69) is 39.4 Å². The zero-order valence-electron chi connectivity index (χ0n) is 16.8. The van der Waals surface area contributed by atoms with Gasteiger partial charge in [0.2, 0.25) is 5.88 Å². The fraction of sp³-hybridized carbons (Fsp3) is 0.550. The lowest BCUT2D eigenvalue weighted by Gasteiger charge is -2.12. The summed E-state index contributed by atoms with van der Waals surface area (Å²) in [5, 5.41) is 7.70. The summed E-state index contributed by atoms with van der Waals surface area (Å²) < 4.78 is 5.92. The van der Waals surface area contributed by atoms with Crippen molar-refractivity contribution in [3.05, 3.63) is 39.5 Å². The first-order chi connectivity index (χ1) is 13.1. The van der Waals surface area contributed by atoms with Gasteiger partial charge in [0.25, 0.3) is 0 Å². The summed E-state index contributed by atoms with van der Waals surface area (Å²) in [5.41, 5.74) is 2.16. The van der Waals surface area contributed by atoms with E-state index < -0.39 is 0 Å². The molecule has 1 aliphatic carbocycles. The van der Waals surface area contributed by atoms with Crippen molar-refractivity contribution in [2.75, 3.05) is 6.54 Å². The summed E-state index contributed by atoms with van der Waals surface area (Å²) in [7, 11) is 0. The molecule has 2 N–H and O–H groups in total. The molecule has 3 rings (SSSR count). The molecule has 0 radical (unpaired) electrons. The Labute approximate surface area is 188 Å². The third-order valence-corrected chi connectivity index (χ3v) is 5.70. The molecular formula is C20H30IN5OS. The number of hydrogen-bond acceptors (Lipinski definition) is 5. The lowest BCUT2D eigenvalue weighted by Crippen LogP contribution is -2.36. The number of nitrogens with one attached hydrogen (secondary N) is 2. The largest absolute Gasteiger partial charge is 0.474 e. The van der Waals surface area contributed by atoms with Crippen LogP contribution in [-0.4, -0.2) is 28.6 Å². The van der Waals surface area contributed by atoms with E-state index >= 15 is 0 Å². The van der Waals surface area contributed by atoms with Crippen LogP contribution in [0, 0.1) is 13.8 Å². The van der Waals surface area contributed by atoms with Gasteiger partial charge in [0, 0.05) is 23.7 Å². The minimum Gasteiger partial charge on any atom is -0.474 e. The molecule has 0 spiro atoms. The van der Waals surface area contributed by atoms with E-state index in [0.717, 1.165) is 41.6 Å². The van der Waals surface area contributed by atoms with Crippen molar-refractivity contribution in [3.8, 4) is 5.88 Å². The number of nitrogens with zero attached hydrogens (tertiary/aromatic N) is 3. The second-order valence-corrected chi connectivity index (χ2v) is 8.11. The molecule has 2 heterocycles. The highest BCUT2D eigenvalue weighted by atomic mass is 127. The van der Waals surface area contributed by atoms with Crippen LogP contribution in [0.15, 0.2) is 23.3 Å². The summed E-state index contributed by atoms with van der Waals surface area (Å²) in [4.78, 5) is 14.9. The maximum Gasteiger partial charge on any atom is 0.213 e. The summed E-state index contributed by atoms with van der Waals surface area (Å²) in [6.07, 6.45) is 7.00. The van der Waals surface area contributed by atoms with Gasteiger partial charge in [-0.1, -0.05) is 6.07 Å². The standard InChI is InChI=1S/C20H29N5OS.HI/c1-4-21-20(24-13-19-25-14(2)15(3)27-19)23-12-16-9-10-18(22-11-16)26-17-7-5-6-8-17;/h9-11,17H,4-8,12-13H2,1-3H3,(H2,21,23,24);1H. The molecule has 1 saturated carbocycles. The molecule has 0 aliphatic heterocycles. The van der Waals surface area contributed by atoms with E-state index in [4.69, 9.17) is 4.74 Å². The predicted molar refractivity (Wildman–Crippen MR) is 126 cm³/mol. The monoisotopic (exact) mass is 515 g/mol. The van der Waals surface area contributed by atoms with Gasteiger partial charge in [-0.2, -0.15) is 0 Å². The van der Waals surface area contributed by atoms with Crippen LogP contribution in [0.4, 0.5) is 0 Å². The molecule has 8 heteroatoms. The van der Waals surface area contributed by atoms with Crippen LogP contribution in [-0.2, 0) is 13.1 Å². The fourth-order valence-corrected chi connectivity index (χ4v) is 3.91. The van der Waals surface area contributed by atoms with E-state index in [1.54, 1.807) is 11.3 Å². The predicted octanol–water partition coefficient (Wildman–Crippen LogP) is 4.35. The zero-order chi connectivity index (χ0) is 19.1. The quantitative estimate of drug-likeness (QED) is 0.326. The first kappa shape index (κ1) is 22.9. The van der Waals surface area contributed by atoms with Crippen LogP contribution >= 0.6 is 35.3 Å². The number of ether oxygens (including phenoxy) is 1. The molecule has 6 nitrogen and oxygen atoms in total. The van der Waals surface area contributed by atoms with Crippen LogP contribution in [0.3, 0.4) is 0 Å². The molecule has 0 aromatic carbocycles. The third kappa shape index (κ3) is 6.88. The van der Waals surface area contributed by atoms with Gasteiger partial charge < -0.3 is 15.4 Å². The Morgan fingerprint density at radius 1 is 1.25 bits per heavy atom. The smallest absolute Gasteiger partial charge is 0.213 e. The number of aryl methyl sites for hydroxylation is 2. The molecule has 0 atom stereocenters. The van der Waals surface area contributed by atoms with Gasteiger partial charge in [-0.15, -0.1) is 35.3 Å². The van der Waals surface area contributed by atoms with E-state index in [-0.39, 0.29) is 24.0 Å². The van der Waals surface area contributed by atoms with Gasteiger partial charge in [0.15, 0.2) is 5.96 Å². The topological polar surface area (TPSA) is 71.4 Å². The van der Waals surface area contributed by atoms with Crippen molar-refractivity contribution >= 4 is 41.3 Å². The number of hydrogen-bond donors (Lipinski definition) is 2. The Hall–Kier alpha value is -1.42. The molecule has 0 saturated heterocycles. The Morgan fingerprint density at radius 3 is 2.64 bits per heavy atom. The molecule has 1 aliphatic rings. The summed E-state index contributed by atoms with van der Waals surface area (Å²) in [6, 6.07) is 3.99. The second kappa shape index (κ2) is 11.5. The van der Waals surface area contributed by atoms with E-state index in [0.29, 0.717) is 25.1 Å². The van der Waals surface area contributed by atoms with Crippen molar-refractivity contribution in [1.82, 2.24) is 20.6 Å². The second-order valence-electron chi connectivity index (χ2n) is 6.83. The average Bonchev–Trinajstić information content (AvgIpc) is 3.28. The van der Waals surface area contributed by atoms with Crippen molar-refractivity contribution in [2.24, 2.45) is 4.99 Å². The summed E-state index contributed by atoms with van der Waals surface area (Å²) >= 11 is 1.72. The summed E-state index contributed by atoms with van der Waals surface area (Å²) in [5.74, 6) is 1.50. The van der Waals surface area contributed by atoms with Crippen LogP contribution in [0.25, 0.3) is 0 Å². The van der Waals surface area contributed by atoms with Crippen LogP contribution < -0.4 is 15.4 Å². The maximum absolute atomic E-state index is 5.92. The number of halogens is 1. The highest BCUT2D eigenvalue weighted by Crippen LogP contribution is 2.23. The SMILES string of the molecule is CCNC(=NCc1ccc(OC2CCCC2)nc1)NCc1nc(C)c(C)s1.I.